The molecule has 0 unspecified atom stereocenters. The van der Waals surface area contributed by atoms with E-state index in [2.05, 4.69) is 72.9 Å². The standard InChI is InChI=1S/C19H22N2S/c1-19(2,3)18(17-7-5-11-22-17)21-13-14-8-9-16-15(12-14)6-4-10-20-16/h4-12,18,21H,13H2,1-3H3/t18-/m1/s1. The van der Waals surface area contributed by atoms with E-state index in [0.29, 0.717) is 6.04 Å². The Bertz CT molecular complexity index is 741. The zero-order valence-electron chi connectivity index (χ0n) is 13.3. The fourth-order valence-electron chi connectivity index (χ4n) is 2.74. The van der Waals surface area contributed by atoms with Crippen molar-refractivity contribution in [3.05, 3.63) is 64.5 Å². The average molecular weight is 310 g/mol. The number of pyridine rings is 1. The van der Waals surface area contributed by atoms with Gasteiger partial charge in [-0.2, -0.15) is 0 Å². The maximum atomic E-state index is 4.38. The molecule has 1 atom stereocenters. The summed E-state index contributed by atoms with van der Waals surface area (Å²) in [6.45, 7) is 7.72. The van der Waals surface area contributed by atoms with Crippen LogP contribution in [0.15, 0.2) is 54.0 Å². The molecule has 1 N–H and O–H groups in total. The molecule has 2 nitrogen and oxygen atoms in total. The van der Waals surface area contributed by atoms with Gasteiger partial charge in [-0.15, -0.1) is 11.3 Å². The van der Waals surface area contributed by atoms with E-state index in [9.17, 15) is 0 Å². The van der Waals surface area contributed by atoms with Gasteiger partial charge in [0.2, 0.25) is 0 Å². The Morgan fingerprint density at radius 1 is 1.14 bits per heavy atom. The van der Waals surface area contributed by atoms with Crippen LogP contribution in [0.25, 0.3) is 10.9 Å². The molecule has 0 radical (unpaired) electrons. The fraction of sp³-hybridized carbons (Fsp3) is 0.316. The van der Waals surface area contributed by atoms with Crippen LogP contribution in [-0.4, -0.2) is 4.98 Å². The molecule has 3 aromatic rings. The molecule has 0 aliphatic carbocycles. The number of benzene rings is 1. The molecule has 0 bridgehead atoms. The molecule has 22 heavy (non-hydrogen) atoms. The Morgan fingerprint density at radius 2 is 2.00 bits per heavy atom. The maximum Gasteiger partial charge on any atom is 0.0702 e. The summed E-state index contributed by atoms with van der Waals surface area (Å²) in [5, 5.41) is 7.08. The van der Waals surface area contributed by atoms with Crippen molar-refractivity contribution in [2.75, 3.05) is 0 Å². The lowest BCUT2D eigenvalue weighted by Gasteiger charge is -2.31. The van der Waals surface area contributed by atoms with Crippen LogP contribution in [0, 0.1) is 5.41 Å². The lowest BCUT2D eigenvalue weighted by Crippen LogP contribution is -2.31. The van der Waals surface area contributed by atoms with Gasteiger partial charge < -0.3 is 5.32 Å². The minimum Gasteiger partial charge on any atom is -0.305 e. The maximum absolute atomic E-state index is 4.38. The van der Waals surface area contributed by atoms with Crippen LogP contribution in [0.1, 0.15) is 37.3 Å². The summed E-state index contributed by atoms with van der Waals surface area (Å²) in [6.07, 6.45) is 1.84. The first-order valence-electron chi connectivity index (χ1n) is 7.64. The molecule has 3 heteroatoms. The van der Waals surface area contributed by atoms with Crippen molar-refractivity contribution in [1.29, 1.82) is 0 Å². The third kappa shape index (κ3) is 3.37. The van der Waals surface area contributed by atoms with E-state index in [1.165, 1.54) is 15.8 Å². The summed E-state index contributed by atoms with van der Waals surface area (Å²) in [5.41, 5.74) is 2.53. The summed E-state index contributed by atoms with van der Waals surface area (Å²) in [7, 11) is 0. The Morgan fingerprint density at radius 3 is 2.73 bits per heavy atom. The molecule has 2 aromatic heterocycles. The number of hydrogen-bond donors (Lipinski definition) is 1. The van der Waals surface area contributed by atoms with Gasteiger partial charge in [0.1, 0.15) is 0 Å². The molecular weight excluding hydrogens is 288 g/mol. The predicted molar refractivity (Wildman–Crippen MR) is 95.1 cm³/mol. The molecule has 114 valence electrons. The van der Waals surface area contributed by atoms with Gasteiger partial charge in [-0.1, -0.05) is 39.0 Å². The van der Waals surface area contributed by atoms with Gasteiger partial charge in [-0.05, 0) is 40.6 Å². The van der Waals surface area contributed by atoms with Crippen LogP contribution >= 0.6 is 11.3 Å². The number of aromatic nitrogens is 1. The minimum absolute atomic E-state index is 0.184. The van der Waals surface area contributed by atoms with Gasteiger partial charge >= 0.3 is 0 Å². The quantitative estimate of drug-likeness (QED) is 0.719. The third-order valence-corrected chi connectivity index (χ3v) is 4.81. The van der Waals surface area contributed by atoms with E-state index in [-0.39, 0.29) is 5.41 Å². The second kappa shape index (κ2) is 6.19. The zero-order valence-corrected chi connectivity index (χ0v) is 14.2. The van der Waals surface area contributed by atoms with Crippen LogP contribution in [0.3, 0.4) is 0 Å². The first kappa shape index (κ1) is 15.2. The van der Waals surface area contributed by atoms with Crippen LogP contribution in [0.2, 0.25) is 0 Å². The van der Waals surface area contributed by atoms with E-state index in [4.69, 9.17) is 0 Å². The lowest BCUT2D eigenvalue weighted by atomic mass is 9.85. The third-order valence-electron chi connectivity index (χ3n) is 3.87. The topological polar surface area (TPSA) is 24.9 Å². The second-order valence-electron chi connectivity index (χ2n) is 6.73. The van der Waals surface area contributed by atoms with Gasteiger partial charge in [0.15, 0.2) is 0 Å². The summed E-state index contributed by atoms with van der Waals surface area (Å²) in [6, 6.07) is 15.3. The second-order valence-corrected chi connectivity index (χ2v) is 7.71. The highest BCUT2D eigenvalue weighted by Crippen LogP contribution is 2.35. The molecule has 0 aliphatic heterocycles. The van der Waals surface area contributed by atoms with E-state index >= 15 is 0 Å². The van der Waals surface area contributed by atoms with E-state index in [0.717, 1.165) is 12.1 Å². The highest BCUT2D eigenvalue weighted by atomic mass is 32.1. The van der Waals surface area contributed by atoms with Crippen molar-refractivity contribution in [3.63, 3.8) is 0 Å². The minimum atomic E-state index is 0.184. The number of nitrogens with one attached hydrogen (secondary N) is 1. The van der Waals surface area contributed by atoms with Crippen LogP contribution in [-0.2, 0) is 6.54 Å². The summed E-state index contributed by atoms with van der Waals surface area (Å²) in [5.74, 6) is 0. The number of fused-ring (bicyclic) bond motifs is 1. The van der Waals surface area contributed by atoms with Crippen molar-refractivity contribution in [3.8, 4) is 0 Å². The van der Waals surface area contributed by atoms with Gasteiger partial charge in [0, 0.05) is 29.0 Å². The van der Waals surface area contributed by atoms with Crippen LogP contribution in [0.5, 0.6) is 0 Å². The number of thiophene rings is 1. The molecule has 0 aliphatic rings. The molecule has 0 saturated heterocycles. The molecule has 1 aromatic carbocycles. The van der Waals surface area contributed by atoms with Crippen molar-refractivity contribution in [1.82, 2.24) is 10.3 Å². The highest BCUT2D eigenvalue weighted by Gasteiger charge is 2.26. The molecule has 0 spiro atoms. The lowest BCUT2D eigenvalue weighted by molar-refractivity contribution is 0.275. The Labute approximate surface area is 136 Å². The van der Waals surface area contributed by atoms with Crippen LogP contribution < -0.4 is 5.32 Å². The van der Waals surface area contributed by atoms with Gasteiger partial charge in [0.25, 0.3) is 0 Å². The Kier molecular flexibility index (Phi) is 4.27. The van der Waals surface area contributed by atoms with Crippen molar-refractivity contribution in [2.24, 2.45) is 5.41 Å². The van der Waals surface area contributed by atoms with E-state index in [1.54, 1.807) is 0 Å². The van der Waals surface area contributed by atoms with Gasteiger partial charge in [0.05, 0.1) is 5.52 Å². The summed E-state index contributed by atoms with van der Waals surface area (Å²) in [4.78, 5) is 5.78. The molecule has 0 fully saturated rings. The molecule has 0 amide bonds. The Hall–Kier alpha value is -1.71. The smallest absolute Gasteiger partial charge is 0.0702 e. The Balaban J connectivity index is 1.79. The van der Waals surface area contributed by atoms with Crippen molar-refractivity contribution in [2.45, 2.75) is 33.4 Å². The van der Waals surface area contributed by atoms with E-state index in [1.807, 2.05) is 23.6 Å². The largest absolute Gasteiger partial charge is 0.305 e. The van der Waals surface area contributed by atoms with Gasteiger partial charge in [-0.25, -0.2) is 0 Å². The number of rotatable bonds is 4. The molecule has 3 rings (SSSR count). The zero-order chi connectivity index (χ0) is 15.6. The first-order chi connectivity index (χ1) is 10.5. The predicted octanol–water partition coefficient (Wildman–Crippen LogP) is 5.17. The normalized spacial score (nSPS) is 13.4. The van der Waals surface area contributed by atoms with Crippen LogP contribution in [0.4, 0.5) is 0 Å². The number of hydrogen-bond acceptors (Lipinski definition) is 3. The summed E-state index contributed by atoms with van der Waals surface area (Å²) >= 11 is 1.82. The monoisotopic (exact) mass is 310 g/mol. The number of nitrogens with zero attached hydrogens (tertiary/aromatic N) is 1. The molecule has 2 heterocycles. The SMILES string of the molecule is CC(C)(C)[C@H](NCc1ccc2ncccc2c1)c1cccs1. The fourth-order valence-corrected chi connectivity index (χ4v) is 3.79. The van der Waals surface area contributed by atoms with E-state index < -0.39 is 0 Å². The highest BCUT2D eigenvalue weighted by molar-refractivity contribution is 7.10. The molecular formula is C19H22N2S. The summed E-state index contributed by atoms with van der Waals surface area (Å²) < 4.78 is 0. The average Bonchev–Trinajstić information content (AvgIpc) is 3.00. The van der Waals surface area contributed by atoms with Gasteiger partial charge in [-0.3, -0.25) is 4.98 Å². The van der Waals surface area contributed by atoms with Crippen molar-refractivity contribution < 1.29 is 0 Å². The van der Waals surface area contributed by atoms with Crippen molar-refractivity contribution >= 4 is 22.2 Å². The first-order valence-corrected chi connectivity index (χ1v) is 8.52. The molecule has 0 saturated carbocycles.